The van der Waals surface area contributed by atoms with Gasteiger partial charge in [0.25, 0.3) is 5.91 Å². The Bertz CT molecular complexity index is 986. The highest BCUT2D eigenvalue weighted by Gasteiger charge is 2.15. The number of amides is 1. The van der Waals surface area contributed by atoms with Crippen molar-refractivity contribution in [2.24, 2.45) is 0 Å². The molecule has 0 spiro atoms. The number of benzene rings is 3. The summed E-state index contributed by atoms with van der Waals surface area (Å²) in [7, 11) is 4.53. The first-order chi connectivity index (χ1) is 17.0. The van der Waals surface area contributed by atoms with Crippen molar-refractivity contribution < 1.29 is 14.0 Å². The van der Waals surface area contributed by atoms with Gasteiger partial charge in [-0.25, -0.2) is 0 Å². The summed E-state index contributed by atoms with van der Waals surface area (Å²) in [6.45, 7) is 3.52. The second-order valence-corrected chi connectivity index (χ2v) is 9.94. The lowest BCUT2D eigenvalue weighted by molar-refractivity contribution is -0.903. The normalized spacial score (nSPS) is 11.3. The van der Waals surface area contributed by atoms with Gasteiger partial charge in [-0.05, 0) is 68.4 Å². The molecule has 0 heterocycles. The second kappa shape index (κ2) is 14.3. The number of carbonyl (C=O) groups is 1. The molecule has 0 aromatic heterocycles. The van der Waals surface area contributed by atoms with Crippen LogP contribution in [0.25, 0.3) is 0 Å². The number of ether oxygens (including phenoxy) is 1. The van der Waals surface area contributed by atoms with E-state index in [2.05, 4.69) is 80.1 Å². The minimum atomic E-state index is -0.0181. The summed E-state index contributed by atoms with van der Waals surface area (Å²) in [4.78, 5) is 12.5. The van der Waals surface area contributed by atoms with Crippen molar-refractivity contribution in [1.82, 2.24) is 5.32 Å². The van der Waals surface area contributed by atoms with Crippen LogP contribution in [0.15, 0.2) is 84.9 Å². The van der Waals surface area contributed by atoms with Gasteiger partial charge in [0.2, 0.25) is 0 Å². The molecule has 0 aliphatic carbocycles. The smallest absolute Gasteiger partial charge is 0.251 e. The SMILES string of the molecule is C[N+](C)(CCCCNC(=O)c1ccc(OCCCCCc2ccccc2)cc1)Cc1ccccc1. The lowest BCUT2D eigenvalue weighted by atomic mass is 10.1. The number of aryl methyl sites for hydroxylation is 1. The molecule has 1 N–H and O–H groups in total. The predicted octanol–water partition coefficient (Wildman–Crippen LogP) is 6.27. The lowest BCUT2D eigenvalue weighted by Gasteiger charge is -2.30. The van der Waals surface area contributed by atoms with Crippen molar-refractivity contribution in [3.8, 4) is 5.75 Å². The van der Waals surface area contributed by atoms with Crippen molar-refractivity contribution in [2.75, 3.05) is 33.8 Å². The van der Waals surface area contributed by atoms with Crippen LogP contribution >= 0.6 is 0 Å². The van der Waals surface area contributed by atoms with Crippen molar-refractivity contribution in [3.63, 3.8) is 0 Å². The van der Waals surface area contributed by atoms with Gasteiger partial charge in [-0.1, -0.05) is 60.7 Å². The number of unbranched alkanes of at least 4 members (excludes halogenated alkanes) is 3. The second-order valence-electron chi connectivity index (χ2n) is 9.94. The van der Waals surface area contributed by atoms with Crippen LogP contribution in [-0.2, 0) is 13.0 Å². The highest BCUT2D eigenvalue weighted by molar-refractivity contribution is 5.94. The zero-order valence-corrected chi connectivity index (χ0v) is 21.4. The number of hydrogen-bond acceptors (Lipinski definition) is 2. The van der Waals surface area contributed by atoms with Crippen molar-refractivity contribution in [1.29, 1.82) is 0 Å². The number of hydrogen-bond donors (Lipinski definition) is 1. The molecule has 3 aromatic rings. The van der Waals surface area contributed by atoms with Crippen LogP contribution < -0.4 is 10.1 Å². The first-order valence-electron chi connectivity index (χ1n) is 12.9. The highest BCUT2D eigenvalue weighted by Crippen LogP contribution is 2.14. The average molecular weight is 474 g/mol. The van der Waals surface area contributed by atoms with Gasteiger partial charge in [-0.3, -0.25) is 4.79 Å². The molecule has 0 fully saturated rings. The molecular formula is C31H41N2O2+. The van der Waals surface area contributed by atoms with E-state index in [1.165, 1.54) is 17.5 Å². The Morgan fingerprint density at radius 1 is 0.743 bits per heavy atom. The van der Waals surface area contributed by atoms with E-state index in [0.717, 1.165) is 55.4 Å². The molecule has 3 rings (SSSR count). The fourth-order valence-electron chi connectivity index (χ4n) is 4.27. The Balaban J connectivity index is 1.25. The third-order valence-corrected chi connectivity index (χ3v) is 6.27. The summed E-state index contributed by atoms with van der Waals surface area (Å²) >= 11 is 0. The minimum Gasteiger partial charge on any atom is -0.494 e. The Labute approximate surface area is 211 Å². The summed E-state index contributed by atoms with van der Waals surface area (Å²) in [6, 6.07) is 28.7. The fraction of sp³-hybridized carbons (Fsp3) is 0.387. The predicted molar refractivity (Wildman–Crippen MR) is 145 cm³/mol. The van der Waals surface area contributed by atoms with E-state index >= 15 is 0 Å². The van der Waals surface area contributed by atoms with Crippen molar-refractivity contribution in [3.05, 3.63) is 102 Å². The Kier molecular flexibility index (Phi) is 10.8. The van der Waals surface area contributed by atoms with Gasteiger partial charge in [-0.2, -0.15) is 0 Å². The number of carbonyl (C=O) groups excluding carboxylic acids is 1. The Hall–Kier alpha value is -3.11. The molecule has 0 saturated carbocycles. The van der Waals surface area contributed by atoms with Gasteiger partial charge in [0.05, 0.1) is 27.2 Å². The number of nitrogens with one attached hydrogen (secondary N) is 1. The van der Waals surface area contributed by atoms with Gasteiger partial charge < -0.3 is 14.5 Å². The number of quaternary nitrogens is 1. The van der Waals surface area contributed by atoms with E-state index in [9.17, 15) is 4.79 Å². The zero-order valence-electron chi connectivity index (χ0n) is 21.4. The Morgan fingerprint density at radius 2 is 1.40 bits per heavy atom. The van der Waals surface area contributed by atoms with E-state index in [-0.39, 0.29) is 5.91 Å². The molecule has 0 radical (unpaired) electrons. The molecule has 0 saturated heterocycles. The van der Waals surface area contributed by atoms with Gasteiger partial charge in [-0.15, -0.1) is 0 Å². The van der Waals surface area contributed by atoms with Crippen LogP contribution in [0.3, 0.4) is 0 Å². The quantitative estimate of drug-likeness (QED) is 0.209. The molecule has 0 aliphatic rings. The van der Waals surface area contributed by atoms with Gasteiger partial charge in [0, 0.05) is 17.7 Å². The lowest BCUT2D eigenvalue weighted by Crippen LogP contribution is -2.39. The maximum absolute atomic E-state index is 12.5. The third-order valence-electron chi connectivity index (χ3n) is 6.27. The van der Waals surface area contributed by atoms with Gasteiger partial charge >= 0.3 is 0 Å². The maximum atomic E-state index is 12.5. The van der Waals surface area contributed by atoms with E-state index in [0.29, 0.717) is 18.7 Å². The Morgan fingerprint density at radius 3 is 2.09 bits per heavy atom. The topological polar surface area (TPSA) is 38.3 Å². The van der Waals surface area contributed by atoms with Crippen molar-refractivity contribution in [2.45, 2.75) is 45.1 Å². The molecule has 4 nitrogen and oxygen atoms in total. The standard InChI is InChI=1S/C31H40N2O2/c1-33(2,26-28-17-8-4-9-18-28)24-12-11-23-32-31(34)29-19-21-30(22-20-29)35-25-13-5-10-16-27-14-6-3-7-15-27/h3-4,6-9,14-15,17-22H,5,10-13,16,23-26H2,1-2H3/p+1. The van der Waals surface area contributed by atoms with Gasteiger partial charge in [0.1, 0.15) is 12.3 Å². The molecule has 0 unspecified atom stereocenters. The molecular weight excluding hydrogens is 432 g/mol. The molecule has 0 bridgehead atoms. The molecule has 3 aromatic carbocycles. The average Bonchev–Trinajstić information content (AvgIpc) is 2.87. The highest BCUT2D eigenvalue weighted by atomic mass is 16.5. The monoisotopic (exact) mass is 473 g/mol. The van der Waals surface area contributed by atoms with Gasteiger partial charge in [0.15, 0.2) is 0 Å². The minimum absolute atomic E-state index is 0.0181. The molecule has 4 heteroatoms. The van der Waals surface area contributed by atoms with Crippen LogP contribution in [0.5, 0.6) is 5.75 Å². The number of rotatable bonds is 15. The first kappa shape index (κ1) is 26.5. The van der Waals surface area contributed by atoms with E-state index in [4.69, 9.17) is 4.74 Å². The molecule has 1 amide bonds. The molecule has 35 heavy (non-hydrogen) atoms. The molecule has 186 valence electrons. The summed E-state index contributed by atoms with van der Waals surface area (Å²) < 4.78 is 6.80. The molecule has 0 atom stereocenters. The summed E-state index contributed by atoms with van der Waals surface area (Å²) in [5.41, 5.74) is 3.44. The summed E-state index contributed by atoms with van der Waals surface area (Å²) in [6.07, 6.45) is 6.55. The fourth-order valence-corrected chi connectivity index (χ4v) is 4.27. The summed E-state index contributed by atoms with van der Waals surface area (Å²) in [5.74, 6) is 0.804. The third kappa shape index (κ3) is 10.4. The first-order valence-corrected chi connectivity index (χ1v) is 12.9. The molecule has 0 aliphatic heterocycles. The van der Waals surface area contributed by atoms with E-state index in [1.807, 2.05) is 24.3 Å². The van der Waals surface area contributed by atoms with Crippen LogP contribution in [0.2, 0.25) is 0 Å². The van der Waals surface area contributed by atoms with Crippen LogP contribution in [0, 0.1) is 0 Å². The van der Waals surface area contributed by atoms with E-state index in [1.54, 1.807) is 0 Å². The number of nitrogens with zero attached hydrogens (tertiary/aromatic N) is 1. The summed E-state index contributed by atoms with van der Waals surface area (Å²) in [5, 5.41) is 3.05. The van der Waals surface area contributed by atoms with Crippen LogP contribution in [0.1, 0.15) is 53.6 Å². The maximum Gasteiger partial charge on any atom is 0.251 e. The largest absolute Gasteiger partial charge is 0.494 e. The zero-order chi connectivity index (χ0) is 24.8. The van der Waals surface area contributed by atoms with Crippen LogP contribution in [0.4, 0.5) is 0 Å². The van der Waals surface area contributed by atoms with E-state index < -0.39 is 0 Å². The van der Waals surface area contributed by atoms with Crippen LogP contribution in [-0.4, -0.2) is 44.2 Å². The van der Waals surface area contributed by atoms with Crippen molar-refractivity contribution >= 4 is 5.91 Å².